The number of nitrogens with one attached hydrogen (secondary N) is 1. The molecule has 1 aromatic heterocycles. The second kappa shape index (κ2) is 8.71. The molecular formula is C22H23FN4OS. The van der Waals surface area contributed by atoms with Crippen molar-refractivity contribution in [1.82, 2.24) is 9.88 Å². The Hall–Kier alpha value is -2.77. The fraction of sp³-hybridized carbons (Fsp3) is 0.273. The van der Waals surface area contributed by atoms with Gasteiger partial charge in [0.2, 0.25) is 5.91 Å². The number of likely N-dealkylation sites (N-methyl/N-ethyl adjacent to an activating group) is 1. The first-order valence-corrected chi connectivity index (χ1v) is 10.5. The molecule has 0 spiro atoms. The van der Waals surface area contributed by atoms with Crippen molar-refractivity contribution in [3.05, 3.63) is 65.4 Å². The molecule has 0 radical (unpaired) electrons. The summed E-state index contributed by atoms with van der Waals surface area (Å²) in [4.78, 5) is 21.7. The van der Waals surface area contributed by atoms with E-state index in [1.54, 1.807) is 6.07 Å². The highest BCUT2D eigenvalue weighted by atomic mass is 32.1. The van der Waals surface area contributed by atoms with Gasteiger partial charge in [0.1, 0.15) is 10.8 Å². The van der Waals surface area contributed by atoms with Crippen LogP contribution < -0.4 is 10.2 Å². The Labute approximate surface area is 173 Å². The number of piperazine rings is 1. The van der Waals surface area contributed by atoms with E-state index in [1.807, 2.05) is 35.7 Å². The minimum atomic E-state index is -0.294. The number of rotatable bonds is 5. The molecule has 2 aromatic carbocycles. The van der Waals surface area contributed by atoms with Crippen molar-refractivity contribution >= 4 is 28.6 Å². The van der Waals surface area contributed by atoms with E-state index in [1.165, 1.54) is 23.5 Å². The van der Waals surface area contributed by atoms with E-state index in [2.05, 4.69) is 27.1 Å². The van der Waals surface area contributed by atoms with E-state index in [0.29, 0.717) is 10.7 Å². The molecule has 0 atom stereocenters. The summed E-state index contributed by atoms with van der Waals surface area (Å²) in [6.07, 6.45) is 0.183. The molecule has 29 heavy (non-hydrogen) atoms. The molecule has 0 saturated carbocycles. The zero-order valence-corrected chi connectivity index (χ0v) is 17.1. The molecule has 1 saturated heterocycles. The molecule has 150 valence electrons. The average Bonchev–Trinajstić information content (AvgIpc) is 3.17. The third-order valence-corrected chi connectivity index (χ3v) is 5.93. The molecule has 1 fully saturated rings. The van der Waals surface area contributed by atoms with Gasteiger partial charge >= 0.3 is 0 Å². The molecule has 4 rings (SSSR count). The van der Waals surface area contributed by atoms with Crippen LogP contribution in [0, 0.1) is 5.82 Å². The van der Waals surface area contributed by atoms with E-state index in [4.69, 9.17) is 0 Å². The summed E-state index contributed by atoms with van der Waals surface area (Å²) < 4.78 is 13.4. The lowest BCUT2D eigenvalue weighted by atomic mass is 10.2. The van der Waals surface area contributed by atoms with Gasteiger partial charge < -0.3 is 15.1 Å². The summed E-state index contributed by atoms with van der Waals surface area (Å²) in [7, 11) is 2.12. The number of benzene rings is 2. The van der Waals surface area contributed by atoms with Gasteiger partial charge in [-0.25, -0.2) is 9.37 Å². The molecule has 1 amide bonds. The number of amides is 1. The molecular weight excluding hydrogens is 387 g/mol. The van der Waals surface area contributed by atoms with Crippen molar-refractivity contribution in [3.8, 4) is 10.6 Å². The van der Waals surface area contributed by atoms with Gasteiger partial charge in [0.25, 0.3) is 0 Å². The quantitative estimate of drug-likeness (QED) is 0.694. The summed E-state index contributed by atoms with van der Waals surface area (Å²) in [6.45, 7) is 3.88. The Morgan fingerprint density at radius 3 is 2.72 bits per heavy atom. The Morgan fingerprint density at radius 2 is 1.93 bits per heavy atom. The standard InChI is InChI=1S/C22H23FN4OS/c1-26-9-11-27(12-10-26)20-8-3-2-7-19(20)25-21(28)14-18-15-29-22(24-18)16-5-4-6-17(23)13-16/h2-8,13,15H,9-12,14H2,1H3,(H,25,28). The number of halogens is 1. The highest BCUT2D eigenvalue weighted by molar-refractivity contribution is 7.13. The fourth-order valence-electron chi connectivity index (χ4n) is 3.40. The minimum Gasteiger partial charge on any atom is -0.367 e. The van der Waals surface area contributed by atoms with Crippen LogP contribution in [-0.4, -0.2) is 49.0 Å². The second-order valence-corrected chi connectivity index (χ2v) is 8.04. The van der Waals surface area contributed by atoms with E-state index in [9.17, 15) is 9.18 Å². The Morgan fingerprint density at radius 1 is 1.14 bits per heavy atom. The van der Waals surface area contributed by atoms with Gasteiger partial charge in [-0.3, -0.25) is 4.79 Å². The van der Waals surface area contributed by atoms with Crippen LogP contribution in [0.25, 0.3) is 10.6 Å². The first-order chi connectivity index (χ1) is 14.1. The number of hydrogen-bond donors (Lipinski definition) is 1. The highest BCUT2D eigenvalue weighted by Crippen LogP contribution is 2.27. The van der Waals surface area contributed by atoms with Gasteiger partial charge in [-0.1, -0.05) is 24.3 Å². The van der Waals surface area contributed by atoms with Gasteiger partial charge in [-0.2, -0.15) is 0 Å². The van der Waals surface area contributed by atoms with E-state index in [0.717, 1.165) is 43.1 Å². The molecule has 1 aliphatic rings. The maximum Gasteiger partial charge on any atom is 0.230 e. The molecule has 1 N–H and O–H groups in total. The van der Waals surface area contributed by atoms with Crippen LogP contribution in [0.5, 0.6) is 0 Å². The average molecular weight is 411 g/mol. The first-order valence-electron chi connectivity index (χ1n) is 9.61. The second-order valence-electron chi connectivity index (χ2n) is 7.19. The van der Waals surface area contributed by atoms with Crippen LogP contribution in [-0.2, 0) is 11.2 Å². The lowest BCUT2D eigenvalue weighted by Crippen LogP contribution is -2.44. The third kappa shape index (κ3) is 4.81. The number of para-hydroxylation sites is 2. The SMILES string of the molecule is CN1CCN(c2ccccc2NC(=O)Cc2csc(-c3cccc(F)c3)n2)CC1. The lowest BCUT2D eigenvalue weighted by molar-refractivity contribution is -0.115. The molecule has 1 aliphatic heterocycles. The van der Waals surface area contributed by atoms with Crippen molar-refractivity contribution in [2.24, 2.45) is 0 Å². The van der Waals surface area contributed by atoms with Gasteiger partial charge in [-0.15, -0.1) is 11.3 Å². The predicted molar refractivity (Wildman–Crippen MR) is 116 cm³/mol. The van der Waals surface area contributed by atoms with Crippen molar-refractivity contribution in [2.75, 3.05) is 43.4 Å². The number of nitrogens with zero attached hydrogens (tertiary/aromatic N) is 3. The van der Waals surface area contributed by atoms with Crippen LogP contribution in [0.15, 0.2) is 53.9 Å². The largest absolute Gasteiger partial charge is 0.367 e. The zero-order chi connectivity index (χ0) is 20.2. The first kappa shape index (κ1) is 19.5. The van der Waals surface area contributed by atoms with Gasteiger partial charge in [-0.05, 0) is 31.3 Å². The lowest BCUT2D eigenvalue weighted by Gasteiger charge is -2.35. The Balaban J connectivity index is 1.43. The fourth-order valence-corrected chi connectivity index (χ4v) is 4.22. The van der Waals surface area contributed by atoms with Gasteiger partial charge in [0.15, 0.2) is 0 Å². The number of hydrogen-bond acceptors (Lipinski definition) is 5. The molecule has 7 heteroatoms. The van der Waals surface area contributed by atoms with Crippen LogP contribution in [0.2, 0.25) is 0 Å². The van der Waals surface area contributed by atoms with Crippen LogP contribution >= 0.6 is 11.3 Å². The van der Waals surface area contributed by atoms with Crippen LogP contribution in [0.3, 0.4) is 0 Å². The minimum absolute atomic E-state index is 0.109. The number of carbonyl (C=O) groups is 1. The van der Waals surface area contributed by atoms with Crippen molar-refractivity contribution in [2.45, 2.75) is 6.42 Å². The topological polar surface area (TPSA) is 48.5 Å². The molecule has 5 nitrogen and oxygen atoms in total. The Kier molecular flexibility index (Phi) is 5.87. The van der Waals surface area contributed by atoms with Gasteiger partial charge in [0, 0.05) is 37.1 Å². The molecule has 0 unspecified atom stereocenters. The third-order valence-electron chi connectivity index (χ3n) is 4.99. The van der Waals surface area contributed by atoms with E-state index in [-0.39, 0.29) is 18.1 Å². The van der Waals surface area contributed by atoms with Crippen LogP contribution in [0.1, 0.15) is 5.69 Å². The monoisotopic (exact) mass is 410 g/mol. The summed E-state index contributed by atoms with van der Waals surface area (Å²) in [5.74, 6) is -0.403. The maximum absolute atomic E-state index is 13.4. The summed E-state index contributed by atoms with van der Waals surface area (Å²) in [6, 6.07) is 14.2. The van der Waals surface area contributed by atoms with Gasteiger partial charge in [0.05, 0.1) is 23.5 Å². The number of thiazole rings is 1. The summed E-state index contributed by atoms with van der Waals surface area (Å²) in [5.41, 5.74) is 3.28. The zero-order valence-electron chi connectivity index (χ0n) is 16.3. The number of aromatic nitrogens is 1. The van der Waals surface area contributed by atoms with E-state index < -0.39 is 0 Å². The normalized spacial score (nSPS) is 14.8. The smallest absolute Gasteiger partial charge is 0.230 e. The highest BCUT2D eigenvalue weighted by Gasteiger charge is 2.18. The number of carbonyl (C=O) groups excluding carboxylic acids is 1. The van der Waals surface area contributed by atoms with E-state index >= 15 is 0 Å². The summed E-state index contributed by atoms with van der Waals surface area (Å²) >= 11 is 1.42. The molecule has 3 aromatic rings. The van der Waals surface area contributed by atoms with Crippen LogP contribution in [0.4, 0.5) is 15.8 Å². The number of anilines is 2. The molecule has 2 heterocycles. The van der Waals surface area contributed by atoms with Crippen molar-refractivity contribution in [1.29, 1.82) is 0 Å². The Bertz CT molecular complexity index is 998. The van der Waals surface area contributed by atoms with Crippen molar-refractivity contribution < 1.29 is 9.18 Å². The molecule has 0 bridgehead atoms. The summed E-state index contributed by atoms with van der Waals surface area (Å²) in [5, 5.41) is 5.60. The molecule has 0 aliphatic carbocycles. The van der Waals surface area contributed by atoms with Crippen molar-refractivity contribution in [3.63, 3.8) is 0 Å². The predicted octanol–water partition coefficient (Wildman–Crippen LogP) is 3.88. The maximum atomic E-state index is 13.4.